The maximum atomic E-state index is 4.18. The van der Waals surface area contributed by atoms with E-state index >= 15 is 0 Å². The molecular weight excluding hydrogens is 800 g/mol. The van der Waals surface area contributed by atoms with Crippen molar-refractivity contribution in [2.45, 2.75) is 246 Å². The molecule has 52 heavy (non-hydrogen) atoms. The fourth-order valence-electron chi connectivity index (χ4n) is 8.23. The van der Waals surface area contributed by atoms with Gasteiger partial charge in [-0.15, -0.1) is 22.7 Å². The highest BCUT2D eigenvalue weighted by Gasteiger charge is 2.21. The number of halogens is 2. The average Bonchev–Trinajstić information content (AvgIpc) is 3.72. The summed E-state index contributed by atoms with van der Waals surface area (Å²) >= 11 is 12.2. The van der Waals surface area contributed by atoms with Crippen LogP contribution in [-0.2, 0) is 12.8 Å². The minimum atomic E-state index is 0.805. The first-order valence-electron chi connectivity index (χ1n) is 23.1. The van der Waals surface area contributed by atoms with Crippen LogP contribution in [0.5, 0.6) is 0 Å². The first kappa shape index (κ1) is 48.5. The van der Waals surface area contributed by atoms with Crippen LogP contribution in [0.15, 0.2) is 19.7 Å². The second-order valence-electron chi connectivity index (χ2n) is 16.6. The van der Waals surface area contributed by atoms with Gasteiger partial charge in [-0.3, -0.25) is 0 Å². The molecule has 0 aliphatic heterocycles. The molecular formula is C48H84Br2S2. The van der Waals surface area contributed by atoms with Crippen LogP contribution < -0.4 is 0 Å². The van der Waals surface area contributed by atoms with E-state index in [1.54, 1.807) is 11.1 Å². The van der Waals surface area contributed by atoms with Crippen LogP contribution in [0, 0.1) is 11.8 Å². The van der Waals surface area contributed by atoms with Crippen molar-refractivity contribution in [1.29, 1.82) is 0 Å². The first-order chi connectivity index (χ1) is 25.5. The number of thiophene rings is 2. The number of rotatable bonds is 37. The molecule has 2 unspecified atom stereocenters. The number of unbranched alkanes of at least 4 members (excludes halogenated alkanes) is 24. The van der Waals surface area contributed by atoms with Crippen molar-refractivity contribution in [2.24, 2.45) is 11.8 Å². The van der Waals surface area contributed by atoms with Gasteiger partial charge in [0.1, 0.15) is 0 Å². The van der Waals surface area contributed by atoms with E-state index in [9.17, 15) is 0 Å². The fourth-order valence-corrected chi connectivity index (χ4v) is 12.4. The lowest BCUT2D eigenvalue weighted by molar-refractivity contribution is 0.400. The first-order valence-corrected chi connectivity index (χ1v) is 26.4. The Kier molecular flexibility index (Phi) is 31.2. The Morgan fingerprint density at radius 3 is 1.19 bits per heavy atom. The third-order valence-electron chi connectivity index (χ3n) is 11.7. The molecule has 0 fully saturated rings. The molecule has 0 spiro atoms. The van der Waals surface area contributed by atoms with Gasteiger partial charge >= 0.3 is 0 Å². The van der Waals surface area contributed by atoms with E-state index in [1.807, 2.05) is 22.7 Å². The Labute approximate surface area is 350 Å². The molecule has 0 saturated carbocycles. The molecule has 0 aliphatic carbocycles. The van der Waals surface area contributed by atoms with Gasteiger partial charge in [-0.05, 0) is 79.1 Å². The van der Waals surface area contributed by atoms with Crippen molar-refractivity contribution in [3.63, 3.8) is 0 Å². The van der Waals surface area contributed by atoms with Crippen LogP contribution in [0.25, 0.3) is 9.75 Å². The summed E-state index contributed by atoms with van der Waals surface area (Å²) in [5.74, 6) is 1.65. The summed E-state index contributed by atoms with van der Waals surface area (Å²) in [6, 6.07) is 2.56. The van der Waals surface area contributed by atoms with Crippen molar-refractivity contribution < 1.29 is 0 Å². The zero-order valence-electron chi connectivity index (χ0n) is 34.9. The van der Waals surface area contributed by atoms with Crippen molar-refractivity contribution in [3.05, 3.63) is 30.8 Å². The molecule has 0 bridgehead atoms. The van der Waals surface area contributed by atoms with Gasteiger partial charge in [0, 0.05) is 9.35 Å². The molecule has 2 aromatic heterocycles. The van der Waals surface area contributed by atoms with E-state index in [4.69, 9.17) is 0 Å². The Hall–Kier alpha value is 0.360. The Morgan fingerprint density at radius 1 is 0.462 bits per heavy atom. The number of hydrogen-bond acceptors (Lipinski definition) is 2. The largest absolute Gasteiger partial charge is 0.143 e. The topological polar surface area (TPSA) is 0 Å². The molecule has 302 valence electrons. The highest BCUT2D eigenvalue weighted by molar-refractivity contribution is 9.11. The average molecular weight is 885 g/mol. The third-order valence-corrected chi connectivity index (χ3v) is 15.9. The van der Waals surface area contributed by atoms with Gasteiger partial charge in [0.2, 0.25) is 0 Å². The molecule has 2 aromatic rings. The van der Waals surface area contributed by atoms with E-state index < -0.39 is 0 Å². The molecule has 0 aromatic carbocycles. The smallest absolute Gasteiger partial charge is 0.0749 e. The highest BCUT2D eigenvalue weighted by atomic mass is 79.9. The minimum absolute atomic E-state index is 0.805. The predicted octanol–water partition coefficient (Wildman–Crippen LogP) is 19.9. The van der Waals surface area contributed by atoms with Gasteiger partial charge in [0.15, 0.2) is 0 Å². The molecule has 0 N–H and O–H groups in total. The standard InChI is InChI=1S/C48H84Br2S2/c1-5-9-13-17-21-23-27-30-34-41(33-29-25-19-15-11-7-3)37-43-39-45(51-40-43)47-46(49)44(48(50)52-47)38-42(35-31-26-20-16-12-8-4)36-32-28-24-22-18-14-10-6-2/h39-42H,5-38H2,1-4H3. The maximum Gasteiger partial charge on any atom is 0.0749 e. The molecule has 2 atom stereocenters. The second-order valence-corrected chi connectivity index (χ2v) is 20.6. The summed E-state index contributed by atoms with van der Waals surface area (Å²) in [4.78, 5) is 2.93. The van der Waals surface area contributed by atoms with Gasteiger partial charge in [-0.2, -0.15) is 0 Å². The Morgan fingerprint density at radius 2 is 0.808 bits per heavy atom. The highest BCUT2D eigenvalue weighted by Crippen LogP contribution is 2.47. The van der Waals surface area contributed by atoms with Crippen molar-refractivity contribution in [2.75, 3.05) is 0 Å². The fraction of sp³-hybridized carbons (Fsp3) is 0.833. The Bertz CT molecular complexity index is 1070. The van der Waals surface area contributed by atoms with E-state index in [-0.39, 0.29) is 0 Å². The van der Waals surface area contributed by atoms with Crippen LogP contribution in [0.1, 0.15) is 244 Å². The summed E-state index contributed by atoms with van der Waals surface area (Å²) in [7, 11) is 0. The maximum absolute atomic E-state index is 4.18. The quantitative estimate of drug-likeness (QED) is 0.0593. The van der Waals surface area contributed by atoms with Gasteiger partial charge in [0.25, 0.3) is 0 Å². The molecule has 0 radical (unpaired) electrons. The van der Waals surface area contributed by atoms with Gasteiger partial charge in [-0.1, -0.05) is 233 Å². The second kappa shape index (κ2) is 33.5. The van der Waals surface area contributed by atoms with Crippen LogP contribution in [0.3, 0.4) is 0 Å². The van der Waals surface area contributed by atoms with E-state index in [0.717, 1.165) is 11.8 Å². The zero-order chi connectivity index (χ0) is 37.5. The van der Waals surface area contributed by atoms with Crippen molar-refractivity contribution >= 4 is 54.5 Å². The molecule has 0 amide bonds. The Balaban J connectivity index is 2.00. The monoisotopic (exact) mass is 882 g/mol. The zero-order valence-corrected chi connectivity index (χ0v) is 39.7. The molecule has 0 aliphatic rings. The van der Waals surface area contributed by atoms with E-state index in [2.05, 4.69) is 71.0 Å². The van der Waals surface area contributed by atoms with Gasteiger partial charge < -0.3 is 0 Å². The van der Waals surface area contributed by atoms with E-state index in [0.29, 0.717) is 0 Å². The SMILES string of the molecule is CCCCCCCCCCC(CCCCCCCC)Cc1csc(-c2sc(Br)c(CC(CCCCCCCC)CCCCCCCCCC)c2Br)c1. The van der Waals surface area contributed by atoms with Crippen LogP contribution >= 0.6 is 54.5 Å². The van der Waals surface area contributed by atoms with Crippen molar-refractivity contribution in [3.8, 4) is 9.75 Å². The van der Waals surface area contributed by atoms with Crippen molar-refractivity contribution in [1.82, 2.24) is 0 Å². The lowest BCUT2D eigenvalue weighted by Crippen LogP contribution is -2.06. The third kappa shape index (κ3) is 22.8. The van der Waals surface area contributed by atoms with Crippen LogP contribution in [0.4, 0.5) is 0 Å². The van der Waals surface area contributed by atoms with Crippen LogP contribution in [0.2, 0.25) is 0 Å². The van der Waals surface area contributed by atoms with Gasteiger partial charge in [-0.25, -0.2) is 0 Å². The minimum Gasteiger partial charge on any atom is -0.143 e. The van der Waals surface area contributed by atoms with Crippen LogP contribution in [-0.4, -0.2) is 0 Å². The molecule has 0 nitrogen and oxygen atoms in total. The molecule has 2 rings (SSSR count). The summed E-state index contributed by atoms with van der Waals surface area (Å²) < 4.78 is 2.74. The lowest BCUT2D eigenvalue weighted by Gasteiger charge is -2.17. The normalized spacial score (nSPS) is 13.0. The summed E-state index contributed by atoms with van der Waals surface area (Å²) in [5.41, 5.74) is 3.13. The predicted molar refractivity (Wildman–Crippen MR) is 248 cm³/mol. The molecule has 4 heteroatoms. The summed E-state index contributed by atoms with van der Waals surface area (Å²) in [6.07, 6.45) is 47.8. The molecule has 2 heterocycles. The van der Waals surface area contributed by atoms with Gasteiger partial charge in [0.05, 0.1) is 8.66 Å². The summed E-state index contributed by atoms with van der Waals surface area (Å²) in [6.45, 7) is 9.30. The number of hydrogen-bond donors (Lipinski definition) is 0. The molecule has 0 saturated heterocycles. The summed E-state index contributed by atoms with van der Waals surface area (Å²) in [5, 5.41) is 2.50. The van der Waals surface area contributed by atoms with E-state index in [1.165, 1.54) is 236 Å². The lowest BCUT2D eigenvalue weighted by atomic mass is 9.89.